The highest BCUT2D eigenvalue weighted by Gasteiger charge is 2.28. The van der Waals surface area contributed by atoms with Gasteiger partial charge in [-0.2, -0.15) is 10.3 Å². The predicted molar refractivity (Wildman–Crippen MR) is 165 cm³/mol. The van der Waals surface area contributed by atoms with E-state index >= 15 is 0 Å². The van der Waals surface area contributed by atoms with Crippen LogP contribution in [0.3, 0.4) is 0 Å². The number of carbonyl (C=O) groups is 1. The Hall–Kier alpha value is -4.61. The molecule has 1 aliphatic rings. The Balaban J connectivity index is 1.18. The molecule has 3 aromatic carbocycles. The topological polar surface area (TPSA) is 126 Å². The second-order valence-corrected chi connectivity index (χ2v) is 10.6. The lowest BCUT2D eigenvalue weighted by Gasteiger charge is -2.37. The molecule has 43 heavy (non-hydrogen) atoms. The highest BCUT2D eigenvalue weighted by Crippen LogP contribution is 2.30. The summed E-state index contributed by atoms with van der Waals surface area (Å²) in [5, 5.41) is 35.1. The van der Waals surface area contributed by atoms with Crippen LogP contribution in [-0.4, -0.2) is 73.8 Å². The Morgan fingerprint density at radius 1 is 0.977 bits per heavy atom. The summed E-state index contributed by atoms with van der Waals surface area (Å²) in [6, 6.07) is 25.4. The van der Waals surface area contributed by atoms with E-state index in [0.29, 0.717) is 31.8 Å². The Bertz CT molecular complexity index is 1480. The molecule has 1 aliphatic heterocycles. The lowest BCUT2D eigenvalue weighted by Crippen LogP contribution is -2.41. The van der Waals surface area contributed by atoms with E-state index in [4.69, 9.17) is 9.84 Å². The zero-order chi connectivity index (χ0) is 30.0. The van der Waals surface area contributed by atoms with Crippen LogP contribution in [0, 0.1) is 5.21 Å². The van der Waals surface area contributed by atoms with Crippen LogP contribution in [0.4, 0.5) is 4.79 Å². The van der Waals surface area contributed by atoms with E-state index in [1.165, 1.54) is 10.0 Å². The molecule has 0 aliphatic carbocycles. The van der Waals surface area contributed by atoms with Crippen LogP contribution < -0.4 is 0 Å². The van der Waals surface area contributed by atoms with Crippen molar-refractivity contribution in [2.75, 3.05) is 20.1 Å². The number of aromatic amines is 1. The molecule has 1 N–H and O–H groups in total. The van der Waals surface area contributed by atoms with Gasteiger partial charge in [-0.05, 0) is 53.2 Å². The number of ether oxygens (including phenoxy) is 1. The number of rotatable bonds is 13. The molecule has 11 heteroatoms. The van der Waals surface area contributed by atoms with Gasteiger partial charge in [-0.3, -0.25) is 5.17 Å². The molecule has 1 unspecified atom stereocenters. The number of hydroxylamine groups is 1. The number of hydrogen-bond donors (Lipinski definition) is 1. The third-order valence-corrected chi connectivity index (χ3v) is 7.48. The summed E-state index contributed by atoms with van der Waals surface area (Å²) < 4.78 is 5.40. The van der Waals surface area contributed by atoms with Gasteiger partial charge in [-0.1, -0.05) is 92.2 Å². The van der Waals surface area contributed by atoms with Gasteiger partial charge >= 0.3 is 6.09 Å². The molecule has 1 aromatic heterocycles. The molecule has 11 nitrogen and oxygen atoms in total. The van der Waals surface area contributed by atoms with E-state index in [1.54, 1.807) is 7.05 Å². The van der Waals surface area contributed by atoms with Crippen molar-refractivity contribution in [1.29, 1.82) is 0 Å². The molecule has 4 aromatic rings. The second kappa shape index (κ2) is 14.5. The summed E-state index contributed by atoms with van der Waals surface area (Å²) >= 11 is 0. The van der Waals surface area contributed by atoms with Gasteiger partial charge in [0, 0.05) is 19.2 Å². The van der Waals surface area contributed by atoms with Crippen LogP contribution in [0.5, 0.6) is 0 Å². The van der Waals surface area contributed by atoms with Crippen LogP contribution >= 0.6 is 0 Å². The van der Waals surface area contributed by atoms with Crippen molar-refractivity contribution in [3.63, 3.8) is 0 Å². The number of hydrogen-bond acceptors (Lipinski definition) is 9. The van der Waals surface area contributed by atoms with Crippen molar-refractivity contribution in [3.8, 4) is 22.5 Å². The highest BCUT2D eigenvalue weighted by molar-refractivity contribution is 5.90. The molecule has 1 atom stereocenters. The lowest BCUT2D eigenvalue weighted by atomic mass is 9.95. The SMILES string of the molecule is CCCCC1=NN(CCCN(C)C(=O)OCc2ccccc2)N([O-])C1Cc1ccc(-c2ccccc2-c2nn[nH]n2)cc1. The van der Waals surface area contributed by atoms with Crippen molar-refractivity contribution in [1.82, 2.24) is 35.8 Å². The van der Waals surface area contributed by atoms with Gasteiger partial charge < -0.3 is 14.8 Å². The average molecular weight is 582 g/mol. The zero-order valence-corrected chi connectivity index (χ0v) is 24.6. The Morgan fingerprint density at radius 3 is 2.44 bits per heavy atom. The van der Waals surface area contributed by atoms with E-state index in [1.807, 2.05) is 54.6 Å². The summed E-state index contributed by atoms with van der Waals surface area (Å²) in [4.78, 5) is 13.9. The van der Waals surface area contributed by atoms with E-state index in [2.05, 4.69) is 51.8 Å². The minimum atomic E-state index is -0.391. The first-order valence-corrected chi connectivity index (χ1v) is 14.7. The van der Waals surface area contributed by atoms with Gasteiger partial charge in [0.15, 0.2) is 0 Å². The van der Waals surface area contributed by atoms with Gasteiger partial charge in [-0.15, -0.1) is 10.2 Å². The number of unbranched alkanes of at least 4 members (excludes halogenated alkanes) is 1. The molecule has 0 saturated heterocycles. The number of H-pyrrole nitrogens is 1. The summed E-state index contributed by atoms with van der Waals surface area (Å²) in [7, 11) is 1.70. The van der Waals surface area contributed by atoms with Gasteiger partial charge in [-0.25, -0.2) is 9.91 Å². The maximum absolute atomic E-state index is 13.4. The van der Waals surface area contributed by atoms with Crippen LogP contribution in [-0.2, 0) is 17.8 Å². The molecular formula is C32H37N8O3-. The molecule has 0 spiro atoms. The van der Waals surface area contributed by atoms with Crippen LogP contribution in [0.2, 0.25) is 0 Å². The molecule has 1 amide bonds. The number of hydrazine groups is 1. The normalized spacial score (nSPS) is 15.0. The van der Waals surface area contributed by atoms with Crippen molar-refractivity contribution >= 4 is 11.8 Å². The number of tetrazole rings is 1. The number of aromatic nitrogens is 4. The van der Waals surface area contributed by atoms with E-state index in [9.17, 15) is 10.0 Å². The van der Waals surface area contributed by atoms with Gasteiger partial charge in [0.1, 0.15) is 6.61 Å². The third-order valence-electron chi connectivity index (χ3n) is 7.48. The predicted octanol–water partition coefficient (Wildman–Crippen LogP) is 5.68. The van der Waals surface area contributed by atoms with E-state index in [0.717, 1.165) is 58.0 Å². The van der Waals surface area contributed by atoms with Crippen LogP contribution in [0.1, 0.15) is 43.7 Å². The highest BCUT2D eigenvalue weighted by atomic mass is 16.6. The van der Waals surface area contributed by atoms with Gasteiger partial charge in [0.2, 0.25) is 5.82 Å². The van der Waals surface area contributed by atoms with E-state index in [-0.39, 0.29) is 12.6 Å². The quantitative estimate of drug-likeness (QED) is 0.214. The van der Waals surface area contributed by atoms with E-state index < -0.39 is 6.09 Å². The fourth-order valence-corrected chi connectivity index (χ4v) is 5.09. The number of hydrazone groups is 1. The molecule has 0 saturated carbocycles. The van der Waals surface area contributed by atoms with Gasteiger partial charge in [0.25, 0.3) is 0 Å². The Labute approximate surface area is 251 Å². The molecule has 224 valence electrons. The van der Waals surface area contributed by atoms with Gasteiger partial charge in [0.05, 0.1) is 18.3 Å². The monoisotopic (exact) mass is 581 g/mol. The Kier molecular flexibility index (Phi) is 10.1. The first kappa shape index (κ1) is 29.9. The minimum Gasteiger partial charge on any atom is -0.766 e. The number of nitrogens with zero attached hydrogens (tertiary/aromatic N) is 7. The van der Waals surface area contributed by atoms with Crippen molar-refractivity contribution in [2.24, 2.45) is 5.10 Å². The third kappa shape index (κ3) is 7.62. The maximum Gasteiger partial charge on any atom is 0.409 e. The number of nitrogens with one attached hydrogen (secondary N) is 1. The summed E-state index contributed by atoms with van der Waals surface area (Å²) in [5.41, 5.74) is 5.82. The standard InChI is InChI=1S/C32H37N8O3/c1-3-4-15-29-30(22-24-16-18-26(19-17-24)27-13-8-9-14-28(27)31-33-36-37-34-31)40(42)39(35-29)21-10-20-38(2)32(41)43-23-25-11-6-5-7-12-25/h5-9,11-14,16-19,30H,3-4,10,15,20-23H2,1-2H3,(H,33,34,36,37)/q-1. The van der Waals surface area contributed by atoms with Crippen LogP contribution in [0.15, 0.2) is 84.0 Å². The molecule has 5 rings (SSSR count). The second-order valence-electron chi connectivity index (χ2n) is 10.6. The molecule has 0 fully saturated rings. The molecule has 2 heterocycles. The average Bonchev–Trinajstić information content (AvgIpc) is 3.68. The van der Waals surface area contributed by atoms with Crippen molar-refractivity contribution in [2.45, 2.75) is 51.7 Å². The molecule has 0 bridgehead atoms. The van der Waals surface area contributed by atoms with Crippen LogP contribution in [0.25, 0.3) is 22.5 Å². The minimum absolute atomic E-state index is 0.226. The number of carbonyl (C=O) groups excluding carboxylic acids is 1. The van der Waals surface area contributed by atoms with Crippen molar-refractivity contribution < 1.29 is 9.53 Å². The zero-order valence-electron chi connectivity index (χ0n) is 24.6. The molecular weight excluding hydrogens is 544 g/mol. The smallest absolute Gasteiger partial charge is 0.409 e. The number of benzene rings is 3. The Morgan fingerprint density at radius 2 is 1.72 bits per heavy atom. The van der Waals surface area contributed by atoms with Crippen molar-refractivity contribution in [3.05, 3.63) is 95.2 Å². The number of amides is 1. The first-order chi connectivity index (χ1) is 21.0. The largest absolute Gasteiger partial charge is 0.766 e. The lowest BCUT2D eigenvalue weighted by molar-refractivity contribution is 0.0265. The summed E-state index contributed by atoms with van der Waals surface area (Å²) in [6.45, 7) is 3.23. The fraction of sp³-hybridized carbons (Fsp3) is 0.344. The fourth-order valence-electron chi connectivity index (χ4n) is 5.09. The first-order valence-electron chi connectivity index (χ1n) is 14.7. The summed E-state index contributed by atoms with van der Waals surface area (Å²) in [5.74, 6) is 0.541. The maximum atomic E-state index is 13.4. The molecule has 0 radical (unpaired) electrons. The summed E-state index contributed by atoms with van der Waals surface area (Å²) in [6.07, 6.45) is 3.52.